The molecule has 3 heteroatoms. The van der Waals surface area contributed by atoms with Crippen molar-refractivity contribution < 1.29 is 4.42 Å². The molecule has 0 spiro atoms. The van der Waals surface area contributed by atoms with Crippen molar-refractivity contribution in [3.8, 4) is 0 Å². The SMILES string of the molecule is CCNC(c1occc1Br)C(C)(C)CC. The Hall–Kier alpha value is -0.280. The monoisotopic (exact) mass is 273 g/mol. The Morgan fingerprint density at radius 1 is 1.47 bits per heavy atom. The van der Waals surface area contributed by atoms with Gasteiger partial charge in [0.2, 0.25) is 0 Å². The molecule has 0 saturated carbocycles. The van der Waals surface area contributed by atoms with E-state index in [0.717, 1.165) is 23.2 Å². The zero-order valence-corrected chi connectivity index (χ0v) is 11.5. The highest BCUT2D eigenvalue weighted by Crippen LogP contribution is 2.39. The van der Waals surface area contributed by atoms with Crippen LogP contribution in [-0.4, -0.2) is 6.54 Å². The first-order valence-corrected chi connectivity index (χ1v) is 6.28. The summed E-state index contributed by atoms with van der Waals surface area (Å²) in [6, 6.07) is 2.21. The van der Waals surface area contributed by atoms with Gasteiger partial charge in [0.15, 0.2) is 0 Å². The molecule has 2 nitrogen and oxygen atoms in total. The number of halogens is 1. The number of furan rings is 1. The maximum atomic E-state index is 5.56. The van der Waals surface area contributed by atoms with Crippen molar-refractivity contribution in [1.29, 1.82) is 0 Å². The molecule has 0 aromatic carbocycles. The summed E-state index contributed by atoms with van der Waals surface area (Å²) in [5.74, 6) is 1.00. The largest absolute Gasteiger partial charge is 0.466 e. The molecule has 0 fully saturated rings. The van der Waals surface area contributed by atoms with Gasteiger partial charge in [-0.3, -0.25) is 0 Å². The Morgan fingerprint density at radius 2 is 2.13 bits per heavy atom. The van der Waals surface area contributed by atoms with E-state index in [1.807, 2.05) is 6.07 Å². The van der Waals surface area contributed by atoms with Crippen LogP contribution in [0.1, 0.15) is 45.9 Å². The normalized spacial score (nSPS) is 14.2. The van der Waals surface area contributed by atoms with Gasteiger partial charge in [0.1, 0.15) is 5.76 Å². The molecule has 1 N–H and O–H groups in total. The molecule has 1 aromatic rings. The van der Waals surface area contributed by atoms with Gasteiger partial charge < -0.3 is 9.73 Å². The Bertz CT molecular complexity index is 306. The van der Waals surface area contributed by atoms with Crippen LogP contribution in [0.3, 0.4) is 0 Å². The predicted molar refractivity (Wildman–Crippen MR) is 66.9 cm³/mol. The van der Waals surface area contributed by atoms with E-state index in [2.05, 4.69) is 48.9 Å². The highest BCUT2D eigenvalue weighted by molar-refractivity contribution is 9.10. The molecule has 0 bridgehead atoms. The van der Waals surface area contributed by atoms with Crippen molar-refractivity contribution in [2.45, 2.75) is 40.2 Å². The topological polar surface area (TPSA) is 25.2 Å². The molecule has 0 amide bonds. The predicted octanol–water partition coefficient (Wildman–Crippen LogP) is 4.13. The van der Waals surface area contributed by atoms with Gasteiger partial charge >= 0.3 is 0 Å². The second-order valence-corrected chi connectivity index (χ2v) is 5.32. The molecule has 1 aromatic heterocycles. The van der Waals surface area contributed by atoms with Gasteiger partial charge in [0.25, 0.3) is 0 Å². The molecule has 1 atom stereocenters. The van der Waals surface area contributed by atoms with Gasteiger partial charge in [-0.05, 0) is 40.4 Å². The van der Waals surface area contributed by atoms with Crippen LogP contribution in [0.2, 0.25) is 0 Å². The standard InChI is InChI=1S/C12H20BrNO/c1-5-12(3,4)11(14-6-2)10-9(13)7-8-15-10/h7-8,11,14H,5-6H2,1-4H3. The summed E-state index contributed by atoms with van der Waals surface area (Å²) in [4.78, 5) is 0. The Labute approximate surface area is 101 Å². The first kappa shape index (κ1) is 12.8. The third-order valence-electron chi connectivity index (χ3n) is 3.01. The molecule has 15 heavy (non-hydrogen) atoms. The van der Waals surface area contributed by atoms with Crippen molar-refractivity contribution in [3.63, 3.8) is 0 Å². The van der Waals surface area contributed by atoms with E-state index >= 15 is 0 Å². The molecule has 0 aliphatic rings. The van der Waals surface area contributed by atoms with Gasteiger partial charge in [-0.15, -0.1) is 0 Å². The summed E-state index contributed by atoms with van der Waals surface area (Å²) in [7, 11) is 0. The van der Waals surface area contributed by atoms with Gasteiger partial charge in [0.05, 0.1) is 16.8 Å². The summed E-state index contributed by atoms with van der Waals surface area (Å²) >= 11 is 3.52. The summed E-state index contributed by atoms with van der Waals surface area (Å²) < 4.78 is 6.61. The molecular formula is C12H20BrNO. The molecule has 86 valence electrons. The fraction of sp³-hybridized carbons (Fsp3) is 0.667. The fourth-order valence-corrected chi connectivity index (χ4v) is 2.07. The Kier molecular flexibility index (Phi) is 4.41. The minimum atomic E-state index is 0.191. The first-order chi connectivity index (χ1) is 7.03. The summed E-state index contributed by atoms with van der Waals surface area (Å²) in [6.45, 7) is 9.79. The number of nitrogens with one attached hydrogen (secondary N) is 1. The number of rotatable bonds is 5. The van der Waals surface area contributed by atoms with Crippen LogP contribution in [-0.2, 0) is 0 Å². The van der Waals surface area contributed by atoms with E-state index in [9.17, 15) is 0 Å². The van der Waals surface area contributed by atoms with Gasteiger partial charge in [0, 0.05) is 0 Å². The Morgan fingerprint density at radius 3 is 2.53 bits per heavy atom. The average Bonchev–Trinajstić information content (AvgIpc) is 2.60. The smallest absolute Gasteiger partial charge is 0.135 e. The van der Waals surface area contributed by atoms with Crippen molar-refractivity contribution >= 4 is 15.9 Å². The summed E-state index contributed by atoms with van der Waals surface area (Å²) in [5.41, 5.74) is 0.191. The fourth-order valence-electron chi connectivity index (χ4n) is 1.64. The van der Waals surface area contributed by atoms with E-state index in [-0.39, 0.29) is 11.5 Å². The maximum Gasteiger partial charge on any atom is 0.135 e. The van der Waals surface area contributed by atoms with E-state index in [0.29, 0.717) is 0 Å². The van der Waals surface area contributed by atoms with Gasteiger partial charge in [-0.2, -0.15) is 0 Å². The minimum absolute atomic E-state index is 0.191. The highest BCUT2D eigenvalue weighted by atomic mass is 79.9. The molecule has 1 unspecified atom stereocenters. The molecule has 0 saturated heterocycles. The van der Waals surface area contributed by atoms with E-state index in [1.165, 1.54) is 0 Å². The van der Waals surface area contributed by atoms with E-state index in [4.69, 9.17) is 4.42 Å². The van der Waals surface area contributed by atoms with Crippen LogP contribution in [0.5, 0.6) is 0 Å². The third-order valence-corrected chi connectivity index (χ3v) is 3.66. The second kappa shape index (κ2) is 5.17. The number of hydrogen-bond donors (Lipinski definition) is 1. The van der Waals surface area contributed by atoms with Crippen molar-refractivity contribution in [3.05, 3.63) is 22.6 Å². The van der Waals surface area contributed by atoms with Crippen LogP contribution in [0.25, 0.3) is 0 Å². The Balaban J connectivity index is 2.98. The average molecular weight is 274 g/mol. The van der Waals surface area contributed by atoms with Crippen molar-refractivity contribution in [2.24, 2.45) is 5.41 Å². The van der Waals surface area contributed by atoms with Crippen LogP contribution in [0.15, 0.2) is 21.2 Å². The zero-order chi connectivity index (χ0) is 11.5. The highest BCUT2D eigenvalue weighted by Gasteiger charge is 2.31. The lowest BCUT2D eigenvalue weighted by Crippen LogP contribution is -2.33. The summed E-state index contributed by atoms with van der Waals surface area (Å²) in [5, 5.41) is 3.49. The van der Waals surface area contributed by atoms with Crippen LogP contribution < -0.4 is 5.32 Å². The first-order valence-electron chi connectivity index (χ1n) is 5.49. The van der Waals surface area contributed by atoms with Crippen LogP contribution in [0, 0.1) is 5.41 Å². The molecule has 0 radical (unpaired) electrons. The maximum absolute atomic E-state index is 5.56. The van der Waals surface area contributed by atoms with E-state index < -0.39 is 0 Å². The lowest BCUT2D eigenvalue weighted by atomic mass is 9.80. The number of hydrogen-bond acceptors (Lipinski definition) is 2. The third kappa shape index (κ3) is 2.85. The summed E-state index contributed by atoms with van der Waals surface area (Å²) in [6.07, 6.45) is 2.84. The molecule has 0 aliphatic heterocycles. The van der Waals surface area contributed by atoms with Crippen LogP contribution in [0.4, 0.5) is 0 Å². The van der Waals surface area contributed by atoms with Crippen molar-refractivity contribution in [1.82, 2.24) is 5.32 Å². The molecule has 0 aliphatic carbocycles. The minimum Gasteiger partial charge on any atom is -0.466 e. The molecule has 1 heterocycles. The lowest BCUT2D eigenvalue weighted by Gasteiger charge is -2.32. The quantitative estimate of drug-likeness (QED) is 0.873. The second-order valence-electron chi connectivity index (χ2n) is 4.47. The van der Waals surface area contributed by atoms with Gasteiger partial charge in [-0.25, -0.2) is 0 Å². The van der Waals surface area contributed by atoms with E-state index in [1.54, 1.807) is 6.26 Å². The lowest BCUT2D eigenvalue weighted by molar-refractivity contribution is 0.208. The molecular weight excluding hydrogens is 254 g/mol. The van der Waals surface area contributed by atoms with Crippen LogP contribution >= 0.6 is 15.9 Å². The molecule has 1 rings (SSSR count). The van der Waals surface area contributed by atoms with Gasteiger partial charge in [-0.1, -0.05) is 27.7 Å². The zero-order valence-electron chi connectivity index (χ0n) is 9.93. The van der Waals surface area contributed by atoms with Crippen molar-refractivity contribution in [2.75, 3.05) is 6.54 Å².